The van der Waals surface area contributed by atoms with Gasteiger partial charge in [0, 0.05) is 42.3 Å². The van der Waals surface area contributed by atoms with E-state index in [-0.39, 0.29) is 5.68 Å². The topological polar surface area (TPSA) is 136 Å². The zero-order valence-electron chi connectivity index (χ0n) is 14.1. The molecule has 2 rings (SSSR count). The predicted molar refractivity (Wildman–Crippen MR) is 82.8 cm³/mol. The number of aromatic nitrogens is 5. The first-order chi connectivity index (χ1) is 11.0. The number of rotatable bonds is 0. The van der Waals surface area contributed by atoms with E-state index in [9.17, 15) is 24.0 Å². The van der Waals surface area contributed by atoms with E-state index in [0.717, 1.165) is 22.8 Å². The average Bonchev–Trinajstić information content (AvgIpc) is 2.58. The van der Waals surface area contributed by atoms with Gasteiger partial charge in [-0.05, 0) is 0 Å². The molecular weight excluding hydrogens is 324 g/mol. The van der Waals surface area contributed by atoms with Gasteiger partial charge in [0.25, 0.3) is 0 Å². The van der Waals surface area contributed by atoms with E-state index in [2.05, 4.69) is 9.41 Å². The van der Waals surface area contributed by atoms with Crippen molar-refractivity contribution in [3.05, 3.63) is 58.2 Å². The largest absolute Gasteiger partial charge is 0.425 e. The normalized spacial score (nSPS) is 11.2. The SMILES string of the molecule is CN=c1oc(=O)n(C)c(=O)n1C.Cn1c(=O)n(C)c(=O)n(C)c1=O. The minimum Gasteiger partial charge on any atom is -0.375 e. The first kappa shape index (κ1) is 18.9. The van der Waals surface area contributed by atoms with Crippen molar-refractivity contribution in [2.45, 2.75) is 0 Å². The zero-order valence-corrected chi connectivity index (χ0v) is 14.1. The Kier molecular flexibility index (Phi) is 5.45. The average molecular weight is 342 g/mol. The van der Waals surface area contributed by atoms with E-state index < -0.39 is 28.5 Å². The van der Waals surface area contributed by atoms with Gasteiger partial charge in [0.05, 0.1) is 0 Å². The Morgan fingerprint density at radius 1 is 0.625 bits per heavy atom. The van der Waals surface area contributed by atoms with Crippen molar-refractivity contribution >= 4 is 0 Å². The maximum Gasteiger partial charge on any atom is 0.425 e. The van der Waals surface area contributed by atoms with Crippen molar-refractivity contribution in [3.8, 4) is 0 Å². The molecule has 2 heterocycles. The summed E-state index contributed by atoms with van der Waals surface area (Å²) < 4.78 is 9.33. The van der Waals surface area contributed by atoms with Crippen LogP contribution in [0.2, 0.25) is 0 Å². The second-order valence-electron chi connectivity index (χ2n) is 4.80. The molecule has 0 saturated heterocycles. The lowest BCUT2D eigenvalue weighted by atomic mass is 10.8. The highest BCUT2D eigenvalue weighted by molar-refractivity contribution is 4.73. The molecule has 2 aromatic heterocycles. The zero-order chi connectivity index (χ0) is 18.8. The van der Waals surface area contributed by atoms with Crippen LogP contribution in [0, 0.1) is 0 Å². The van der Waals surface area contributed by atoms with Crippen molar-refractivity contribution in [2.24, 2.45) is 40.2 Å². The molecule has 12 nitrogen and oxygen atoms in total. The third kappa shape index (κ3) is 3.26. The molecule has 0 amide bonds. The standard InChI is InChI=1S/2C6H9N3O3/c1-7-4-8(2)5(10)9(3)6(11)12-4;1-7-4(10)8(2)6(12)9(3)5(7)11/h2*1-3H3. The highest BCUT2D eigenvalue weighted by Crippen LogP contribution is 1.60. The summed E-state index contributed by atoms with van der Waals surface area (Å²) in [4.78, 5) is 58.9. The smallest absolute Gasteiger partial charge is 0.375 e. The van der Waals surface area contributed by atoms with Crippen LogP contribution in [-0.4, -0.2) is 29.9 Å². The Morgan fingerprint density at radius 2 is 0.958 bits per heavy atom. The second kappa shape index (κ2) is 6.93. The summed E-state index contributed by atoms with van der Waals surface area (Å²) in [6.07, 6.45) is 0. The van der Waals surface area contributed by atoms with Gasteiger partial charge in [-0.3, -0.25) is 4.57 Å². The molecular formula is C12H18N6O6. The van der Waals surface area contributed by atoms with Gasteiger partial charge in [-0.25, -0.2) is 47.2 Å². The van der Waals surface area contributed by atoms with E-state index in [4.69, 9.17) is 0 Å². The van der Waals surface area contributed by atoms with E-state index in [1.165, 1.54) is 42.3 Å². The van der Waals surface area contributed by atoms with Gasteiger partial charge in [0.15, 0.2) is 0 Å². The van der Waals surface area contributed by atoms with Gasteiger partial charge in [0.2, 0.25) is 0 Å². The van der Waals surface area contributed by atoms with Gasteiger partial charge >= 0.3 is 34.2 Å². The predicted octanol–water partition coefficient (Wildman–Crippen LogP) is -4.01. The summed E-state index contributed by atoms with van der Waals surface area (Å²) in [6.45, 7) is 0. The maximum atomic E-state index is 11.2. The molecule has 0 saturated carbocycles. The highest BCUT2D eigenvalue weighted by atomic mass is 16.4. The summed E-state index contributed by atoms with van der Waals surface area (Å²) in [5, 5.41) is 0. The molecule has 0 aliphatic carbocycles. The van der Waals surface area contributed by atoms with Crippen LogP contribution in [0.15, 0.2) is 33.4 Å². The third-order valence-electron chi connectivity index (χ3n) is 3.23. The Bertz CT molecular complexity index is 1020. The Morgan fingerprint density at radius 3 is 1.29 bits per heavy atom. The van der Waals surface area contributed by atoms with Crippen LogP contribution >= 0.6 is 0 Å². The molecule has 0 aliphatic heterocycles. The maximum absolute atomic E-state index is 11.2. The van der Waals surface area contributed by atoms with Crippen LogP contribution in [0.25, 0.3) is 0 Å². The monoisotopic (exact) mass is 342 g/mol. The summed E-state index contributed by atoms with van der Waals surface area (Å²) in [5.41, 5.74) is -2.26. The molecule has 0 N–H and O–H groups in total. The first-order valence-electron chi connectivity index (χ1n) is 6.57. The molecule has 12 heteroatoms. The lowest BCUT2D eigenvalue weighted by Gasteiger charge is -2.02. The number of hydrogen-bond acceptors (Lipinski definition) is 7. The summed E-state index contributed by atoms with van der Waals surface area (Å²) >= 11 is 0. The lowest BCUT2D eigenvalue weighted by Crippen LogP contribution is -2.51. The summed E-state index contributed by atoms with van der Waals surface area (Å²) in [5.74, 6) is -0.710. The van der Waals surface area contributed by atoms with Crippen LogP contribution in [0.5, 0.6) is 0 Å². The van der Waals surface area contributed by atoms with Crippen LogP contribution in [-0.2, 0) is 35.2 Å². The van der Waals surface area contributed by atoms with Crippen LogP contribution in [0.1, 0.15) is 0 Å². The quantitative estimate of drug-likeness (QED) is 0.478. The van der Waals surface area contributed by atoms with E-state index in [1.54, 1.807) is 0 Å². The van der Waals surface area contributed by atoms with E-state index in [1.807, 2.05) is 0 Å². The number of nitrogens with zero attached hydrogens (tertiary/aromatic N) is 6. The highest BCUT2D eigenvalue weighted by Gasteiger charge is 2.05. The van der Waals surface area contributed by atoms with Gasteiger partial charge in [-0.2, -0.15) is 0 Å². The van der Waals surface area contributed by atoms with E-state index in [0.29, 0.717) is 0 Å². The van der Waals surface area contributed by atoms with Crippen LogP contribution in [0.4, 0.5) is 0 Å². The Balaban J connectivity index is 0.000000240. The van der Waals surface area contributed by atoms with Crippen molar-refractivity contribution in [3.63, 3.8) is 0 Å². The molecule has 132 valence electrons. The first-order valence-corrected chi connectivity index (χ1v) is 6.57. The Hall–Kier alpha value is -3.18. The third-order valence-corrected chi connectivity index (χ3v) is 3.23. The van der Waals surface area contributed by atoms with Crippen molar-refractivity contribution < 1.29 is 4.42 Å². The van der Waals surface area contributed by atoms with E-state index >= 15 is 0 Å². The van der Waals surface area contributed by atoms with Gasteiger partial charge < -0.3 is 4.42 Å². The minimum atomic E-state index is -0.710. The fourth-order valence-electron chi connectivity index (χ4n) is 1.72. The van der Waals surface area contributed by atoms with Crippen molar-refractivity contribution in [1.29, 1.82) is 0 Å². The molecule has 24 heavy (non-hydrogen) atoms. The molecule has 0 aromatic carbocycles. The minimum absolute atomic E-state index is 0.0168. The number of hydrogen-bond donors (Lipinski definition) is 0. The molecule has 0 bridgehead atoms. The molecule has 2 aromatic rings. The second-order valence-corrected chi connectivity index (χ2v) is 4.80. The molecule has 0 fully saturated rings. The molecule has 0 atom stereocenters. The van der Waals surface area contributed by atoms with Crippen LogP contribution < -0.4 is 34.2 Å². The van der Waals surface area contributed by atoms with Crippen LogP contribution in [0.3, 0.4) is 0 Å². The van der Waals surface area contributed by atoms with Gasteiger partial charge in [0.1, 0.15) is 0 Å². The van der Waals surface area contributed by atoms with Gasteiger partial charge in [-0.1, -0.05) is 0 Å². The fourth-order valence-corrected chi connectivity index (χ4v) is 1.72. The fraction of sp³-hybridized carbons (Fsp3) is 0.500. The summed E-state index contributed by atoms with van der Waals surface area (Å²) in [6, 6.07) is 0. The molecule has 0 radical (unpaired) electrons. The molecule has 0 aliphatic rings. The van der Waals surface area contributed by atoms with Crippen molar-refractivity contribution in [2.75, 3.05) is 7.05 Å². The molecule has 0 unspecified atom stereocenters. The lowest BCUT2D eigenvalue weighted by molar-refractivity contribution is 0.338. The molecule has 0 spiro atoms. The summed E-state index contributed by atoms with van der Waals surface area (Å²) in [7, 11) is 8.23. The van der Waals surface area contributed by atoms with Gasteiger partial charge in [-0.15, -0.1) is 0 Å². The Labute approximate surface area is 133 Å². The van der Waals surface area contributed by atoms with Crippen molar-refractivity contribution in [1.82, 2.24) is 22.8 Å².